The van der Waals surface area contributed by atoms with Crippen molar-refractivity contribution < 1.29 is 9.53 Å². The van der Waals surface area contributed by atoms with Crippen molar-refractivity contribution >= 4 is 5.97 Å². The van der Waals surface area contributed by atoms with E-state index in [4.69, 9.17) is 10.00 Å². The standard InChI is InChI=1S/C24H33NO2/c1-2-3-4-5-6-18-7-10-21-16-22(12-11-20(21)15-18)24(26)27-23-13-8-19(17-25)9-14-23/h8-9,13-14,18,20-22H,2-7,10-12,15-16H2,1H3/t18?,20-,21?,22-/m1/s1. The Morgan fingerprint density at radius 1 is 1.04 bits per heavy atom. The number of rotatable bonds is 7. The fourth-order valence-corrected chi connectivity index (χ4v) is 5.12. The molecule has 2 fully saturated rings. The highest BCUT2D eigenvalue weighted by molar-refractivity contribution is 5.75. The van der Waals surface area contributed by atoms with Crippen molar-refractivity contribution in [2.45, 2.75) is 77.6 Å². The molecule has 0 aromatic heterocycles. The van der Waals surface area contributed by atoms with E-state index in [1.54, 1.807) is 24.3 Å². The van der Waals surface area contributed by atoms with E-state index in [1.807, 2.05) is 0 Å². The number of esters is 1. The molecule has 3 heteroatoms. The fourth-order valence-electron chi connectivity index (χ4n) is 5.12. The van der Waals surface area contributed by atoms with E-state index in [-0.39, 0.29) is 11.9 Å². The Morgan fingerprint density at radius 3 is 2.52 bits per heavy atom. The molecule has 2 unspecified atom stereocenters. The number of hydrogen-bond acceptors (Lipinski definition) is 3. The first-order valence-corrected chi connectivity index (χ1v) is 10.9. The zero-order valence-corrected chi connectivity index (χ0v) is 16.7. The molecule has 0 heterocycles. The number of nitriles is 1. The molecule has 27 heavy (non-hydrogen) atoms. The number of unbranched alkanes of at least 4 members (excludes halogenated alkanes) is 3. The first-order chi connectivity index (χ1) is 13.2. The maximum atomic E-state index is 12.6. The Labute approximate surface area is 164 Å². The number of ether oxygens (including phenoxy) is 1. The molecule has 146 valence electrons. The Bertz CT molecular complexity index is 645. The zero-order chi connectivity index (χ0) is 19.1. The molecule has 3 nitrogen and oxygen atoms in total. The van der Waals surface area contributed by atoms with Crippen LogP contribution >= 0.6 is 0 Å². The summed E-state index contributed by atoms with van der Waals surface area (Å²) in [6.07, 6.45) is 14.1. The van der Waals surface area contributed by atoms with Gasteiger partial charge in [0.05, 0.1) is 17.6 Å². The first kappa shape index (κ1) is 19.9. The van der Waals surface area contributed by atoms with Crippen molar-refractivity contribution in [2.75, 3.05) is 0 Å². The normalized spacial score (nSPS) is 27.4. The van der Waals surface area contributed by atoms with E-state index in [2.05, 4.69) is 13.0 Å². The van der Waals surface area contributed by atoms with Gasteiger partial charge in [-0.1, -0.05) is 45.4 Å². The van der Waals surface area contributed by atoms with Gasteiger partial charge in [-0.15, -0.1) is 0 Å². The quantitative estimate of drug-likeness (QED) is 0.324. The highest BCUT2D eigenvalue weighted by Crippen LogP contribution is 2.46. The fraction of sp³-hybridized carbons (Fsp3) is 0.667. The summed E-state index contributed by atoms with van der Waals surface area (Å²) in [5, 5.41) is 8.86. The molecule has 1 aromatic rings. The van der Waals surface area contributed by atoms with E-state index >= 15 is 0 Å². The van der Waals surface area contributed by atoms with Crippen LogP contribution in [-0.4, -0.2) is 5.97 Å². The third kappa shape index (κ3) is 5.58. The van der Waals surface area contributed by atoms with Crippen molar-refractivity contribution in [2.24, 2.45) is 23.7 Å². The maximum absolute atomic E-state index is 12.6. The summed E-state index contributed by atoms with van der Waals surface area (Å²) >= 11 is 0. The van der Waals surface area contributed by atoms with E-state index in [1.165, 1.54) is 57.8 Å². The van der Waals surface area contributed by atoms with Gasteiger partial charge < -0.3 is 4.74 Å². The van der Waals surface area contributed by atoms with E-state index in [0.29, 0.717) is 17.2 Å². The molecular weight excluding hydrogens is 334 g/mol. The molecule has 0 N–H and O–H groups in total. The van der Waals surface area contributed by atoms with E-state index in [0.717, 1.165) is 24.7 Å². The van der Waals surface area contributed by atoms with Gasteiger partial charge in [-0.3, -0.25) is 4.79 Å². The molecule has 0 radical (unpaired) electrons. The van der Waals surface area contributed by atoms with Crippen LogP contribution in [0.4, 0.5) is 0 Å². The van der Waals surface area contributed by atoms with Gasteiger partial charge in [0, 0.05) is 0 Å². The lowest BCUT2D eigenvalue weighted by molar-refractivity contribution is -0.141. The van der Waals surface area contributed by atoms with Crippen LogP contribution < -0.4 is 4.74 Å². The lowest BCUT2D eigenvalue weighted by atomic mass is 9.64. The molecular formula is C24H33NO2. The van der Waals surface area contributed by atoms with E-state index < -0.39 is 0 Å². The lowest BCUT2D eigenvalue weighted by Crippen LogP contribution is -2.35. The van der Waals surface area contributed by atoms with Crippen LogP contribution in [0.3, 0.4) is 0 Å². The van der Waals surface area contributed by atoms with Crippen molar-refractivity contribution in [3.05, 3.63) is 29.8 Å². The number of hydrogen-bond donors (Lipinski definition) is 0. The van der Waals surface area contributed by atoms with Crippen LogP contribution in [0.2, 0.25) is 0 Å². The van der Waals surface area contributed by atoms with Gasteiger partial charge in [-0.25, -0.2) is 0 Å². The molecule has 2 aliphatic rings. The Morgan fingerprint density at radius 2 is 1.78 bits per heavy atom. The summed E-state index contributed by atoms with van der Waals surface area (Å²) in [5.41, 5.74) is 0.585. The predicted octanol–water partition coefficient (Wildman–Crippen LogP) is 6.27. The summed E-state index contributed by atoms with van der Waals surface area (Å²) in [7, 11) is 0. The molecule has 0 spiro atoms. The van der Waals surface area contributed by atoms with Gasteiger partial charge in [0.2, 0.25) is 0 Å². The minimum absolute atomic E-state index is 0.0444. The second-order valence-corrected chi connectivity index (χ2v) is 8.62. The van der Waals surface area contributed by atoms with Crippen LogP contribution in [-0.2, 0) is 4.79 Å². The van der Waals surface area contributed by atoms with Gasteiger partial charge in [0.1, 0.15) is 5.75 Å². The van der Waals surface area contributed by atoms with Crippen LogP contribution in [0.1, 0.15) is 83.1 Å². The van der Waals surface area contributed by atoms with Crippen LogP contribution in [0.25, 0.3) is 0 Å². The number of nitrogens with zero attached hydrogens (tertiary/aromatic N) is 1. The average Bonchev–Trinajstić information content (AvgIpc) is 2.71. The second-order valence-electron chi connectivity index (χ2n) is 8.62. The minimum Gasteiger partial charge on any atom is -0.426 e. The summed E-state index contributed by atoms with van der Waals surface area (Å²) in [5.74, 6) is 2.98. The minimum atomic E-state index is -0.0835. The van der Waals surface area contributed by atoms with Crippen LogP contribution in [0, 0.1) is 35.0 Å². The van der Waals surface area contributed by atoms with Crippen LogP contribution in [0.5, 0.6) is 5.75 Å². The largest absolute Gasteiger partial charge is 0.426 e. The molecule has 0 amide bonds. The lowest BCUT2D eigenvalue weighted by Gasteiger charge is -2.41. The van der Waals surface area contributed by atoms with E-state index in [9.17, 15) is 4.79 Å². The molecule has 1 aromatic carbocycles. The summed E-state index contributed by atoms with van der Waals surface area (Å²) in [4.78, 5) is 12.6. The van der Waals surface area contributed by atoms with Gasteiger partial charge in [0.15, 0.2) is 0 Å². The number of carbonyl (C=O) groups is 1. The number of benzene rings is 1. The zero-order valence-electron chi connectivity index (χ0n) is 16.7. The summed E-state index contributed by atoms with van der Waals surface area (Å²) < 4.78 is 5.58. The third-order valence-electron chi connectivity index (χ3n) is 6.72. The van der Waals surface area contributed by atoms with Gasteiger partial charge in [-0.2, -0.15) is 5.26 Å². The predicted molar refractivity (Wildman–Crippen MR) is 107 cm³/mol. The molecule has 4 atom stereocenters. The smallest absolute Gasteiger partial charge is 0.314 e. The van der Waals surface area contributed by atoms with Crippen molar-refractivity contribution in [3.63, 3.8) is 0 Å². The second kappa shape index (κ2) is 9.93. The Hall–Kier alpha value is -1.82. The molecule has 2 aliphatic carbocycles. The molecule has 0 bridgehead atoms. The molecule has 0 aliphatic heterocycles. The summed E-state index contributed by atoms with van der Waals surface area (Å²) in [6, 6.07) is 8.90. The molecule has 2 saturated carbocycles. The molecule has 0 saturated heterocycles. The number of fused-ring (bicyclic) bond motifs is 1. The Kier molecular flexibility index (Phi) is 7.33. The maximum Gasteiger partial charge on any atom is 0.314 e. The van der Waals surface area contributed by atoms with Crippen LogP contribution in [0.15, 0.2) is 24.3 Å². The third-order valence-corrected chi connectivity index (χ3v) is 6.72. The van der Waals surface area contributed by atoms with Crippen molar-refractivity contribution in [3.8, 4) is 11.8 Å². The first-order valence-electron chi connectivity index (χ1n) is 10.9. The van der Waals surface area contributed by atoms with Gasteiger partial charge >= 0.3 is 5.97 Å². The number of carbonyl (C=O) groups excluding carboxylic acids is 1. The highest BCUT2D eigenvalue weighted by Gasteiger charge is 2.38. The molecule has 3 rings (SSSR count). The van der Waals surface area contributed by atoms with Crippen molar-refractivity contribution in [1.29, 1.82) is 5.26 Å². The topological polar surface area (TPSA) is 50.1 Å². The Balaban J connectivity index is 1.44. The van der Waals surface area contributed by atoms with Gasteiger partial charge in [0.25, 0.3) is 0 Å². The summed E-state index contributed by atoms with van der Waals surface area (Å²) in [6.45, 7) is 2.27. The SMILES string of the molecule is CCCCCCC1CCC2C[C@H](C(=O)Oc3ccc(C#N)cc3)CC[C@@H]2C1. The highest BCUT2D eigenvalue weighted by atomic mass is 16.5. The van der Waals surface area contributed by atoms with Gasteiger partial charge in [-0.05, 0) is 74.1 Å². The monoisotopic (exact) mass is 367 g/mol. The average molecular weight is 368 g/mol. The van der Waals surface area contributed by atoms with Crippen molar-refractivity contribution in [1.82, 2.24) is 0 Å².